The van der Waals surface area contributed by atoms with Crippen LogP contribution in [0.1, 0.15) is 12.1 Å². The van der Waals surface area contributed by atoms with Crippen LogP contribution in [-0.4, -0.2) is 37.6 Å². The van der Waals surface area contributed by atoms with Crippen LogP contribution in [0.3, 0.4) is 0 Å². The highest BCUT2D eigenvalue weighted by Crippen LogP contribution is 2.44. The van der Waals surface area contributed by atoms with Crippen molar-refractivity contribution >= 4 is 10.9 Å². The van der Waals surface area contributed by atoms with Gasteiger partial charge in [-0.25, -0.2) is 0 Å². The molecule has 0 aliphatic heterocycles. The van der Waals surface area contributed by atoms with Crippen molar-refractivity contribution in [1.82, 2.24) is 4.57 Å². The molecule has 1 heterocycles. The number of nitrogens with zero attached hydrogens (tertiary/aromatic N) is 1. The van der Waals surface area contributed by atoms with Crippen LogP contribution < -0.4 is 14.2 Å². The van der Waals surface area contributed by atoms with Gasteiger partial charge in [0.15, 0.2) is 11.5 Å². The van der Waals surface area contributed by atoms with Gasteiger partial charge in [0.2, 0.25) is 5.75 Å². The first-order valence-electron chi connectivity index (χ1n) is 6.56. The van der Waals surface area contributed by atoms with Gasteiger partial charge in [-0.05, 0) is 18.9 Å². The summed E-state index contributed by atoms with van der Waals surface area (Å²) in [6.07, 6.45) is 1.55. The van der Waals surface area contributed by atoms with E-state index in [1.54, 1.807) is 21.3 Å². The number of hydrogen-bond donors (Lipinski definition) is 1. The lowest BCUT2D eigenvalue weighted by atomic mass is 10.2. The molecule has 0 fully saturated rings. The van der Waals surface area contributed by atoms with Crippen molar-refractivity contribution in [3.05, 3.63) is 17.8 Å². The largest absolute Gasteiger partial charge is 0.493 e. The normalized spacial score (nSPS) is 10.8. The molecule has 1 aromatic carbocycles. The Morgan fingerprint density at radius 3 is 2.30 bits per heavy atom. The Hall–Kier alpha value is -1.88. The maximum absolute atomic E-state index is 8.98. The highest BCUT2D eigenvalue weighted by molar-refractivity contribution is 5.92. The molecule has 5 heteroatoms. The van der Waals surface area contributed by atoms with Gasteiger partial charge >= 0.3 is 0 Å². The van der Waals surface area contributed by atoms with E-state index >= 15 is 0 Å². The Balaban J connectivity index is 2.67. The van der Waals surface area contributed by atoms with Crippen LogP contribution in [0.15, 0.2) is 12.1 Å². The van der Waals surface area contributed by atoms with Crippen LogP contribution in [0.2, 0.25) is 0 Å². The zero-order chi connectivity index (χ0) is 14.7. The maximum atomic E-state index is 8.98. The van der Waals surface area contributed by atoms with Crippen LogP contribution in [0, 0.1) is 0 Å². The molecule has 1 aromatic heterocycles. The average molecular weight is 279 g/mol. The number of aliphatic hydroxyl groups excluding tert-OH is 1. The lowest BCUT2D eigenvalue weighted by molar-refractivity contribution is 0.287. The minimum Gasteiger partial charge on any atom is -0.493 e. The van der Waals surface area contributed by atoms with Crippen LogP contribution in [-0.2, 0) is 13.5 Å². The van der Waals surface area contributed by atoms with Crippen molar-refractivity contribution in [2.45, 2.75) is 12.8 Å². The van der Waals surface area contributed by atoms with Gasteiger partial charge in [0, 0.05) is 30.8 Å². The van der Waals surface area contributed by atoms with E-state index in [-0.39, 0.29) is 6.61 Å². The molecule has 20 heavy (non-hydrogen) atoms. The first-order valence-corrected chi connectivity index (χ1v) is 6.56. The summed E-state index contributed by atoms with van der Waals surface area (Å²) >= 11 is 0. The van der Waals surface area contributed by atoms with Crippen LogP contribution in [0.25, 0.3) is 10.9 Å². The molecule has 0 bridgehead atoms. The lowest BCUT2D eigenvalue weighted by Crippen LogP contribution is -1.99. The standard InChI is InChI=1S/C15H21NO4/c1-16-10(6-5-7-17)8-11-12(16)9-13(18-2)15(20-4)14(11)19-3/h8-9,17H,5-7H2,1-4H3. The van der Waals surface area contributed by atoms with Crippen molar-refractivity contribution in [3.63, 3.8) is 0 Å². The van der Waals surface area contributed by atoms with Crippen LogP contribution in [0.4, 0.5) is 0 Å². The van der Waals surface area contributed by atoms with E-state index in [4.69, 9.17) is 19.3 Å². The Kier molecular flexibility index (Phi) is 4.39. The number of aryl methyl sites for hydroxylation is 2. The van der Waals surface area contributed by atoms with Crippen molar-refractivity contribution in [1.29, 1.82) is 0 Å². The van der Waals surface area contributed by atoms with Crippen LogP contribution in [0.5, 0.6) is 17.2 Å². The van der Waals surface area contributed by atoms with Crippen molar-refractivity contribution in [2.75, 3.05) is 27.9 Å². The molecule has 0 amide bonds. The van der Waals surface area contributed by atoms with E-state index < -0.39 is 0 Å². The molecule has 0 saturated carbocycles. The third kappa shape index (κ3) is 2.29. The quantitative estimate of drug-likeness (QED) is 0.880. The van der Waals surface area contributed by atoms with Gasteiger partial charge in [0.25, 0.3) is 0 Å². The minimum absolute atomic E-state index is 0.186. The average Bonchev–Trinajstić information content (AvgIpc) is 2.79. The smallest absolute Gasteiger partial charge is 0.204 e. The molecule has 0 aliphatic carbocycles. The van der Waals surface area contributed by atoms with Gasteiger partial charge < -0.3 is 23.9 Å². The number of hydrogen-bond acceptors (Lipinski definition) is 4. The Bertz CT molecular complexity index is 604. The molecule has 110 valence electrons. The van der Waals surface area contributed by atoms with Crippen molar-refractivity contribution < 1.29 is 19.3 Å². The number of aliphatic hydroxyl groups is 1. The van der Waals surface area contributed by atoms with E-state index in [1.165, 1.54) is 0 Å². The third-order valence-corrected chi connectivity index (χ3v) is 3.54. The Morgan fingerprint density at radius 2 is 1.75 bits per heavy atom. The second-order valence-corrected chi connectivity index (χ2v) is 4.60. The molecular weight excluding hydrogens is 258 g/mol. The van der Waals surface area contributed by atoms with Gasteiger partial charge in [-0.15, -0.1) is 0 Å². The summed E-state index contributed by atoms with van der Waals surface area (Å²) in [5.74, 6) is 1.92. The zero-order valence-corrected chi connectivity index (χ0v) is 12.4. The SMILES string of the molecule is COc1cc2c(cc(CCCO)n2C)c(OC)c1OC. The first-order chi connectivity index (χ1) is 9.67. The summed E-state index contributed by atoms with van der Waals surface area (Å²) in [7, 11) is 6.83. The molecule has 0 aliphatic rings. The summed E-state index contributed by atoms with van der Waals surface area (Å²) in [4.78, 5) is 0. The van der Waals surface area contributed by atoms with Gasteiger partial charge in [0.1, 0.15) is 0 Å². The summed E-state index contributed by atoms with van der Waals surface area (Å²) in [6.45, 7) is 0.186. The molecule has 2 rings (SSSR count). The summed E-state index contributed by atoms with van der Waals surface area (Å²) in [6, 6.07) is 4.02. The fourth-order valence-electron chi connectivity index (χ4n) is 2.50. The van der Waals surface area contributed by atoms with E-state index in [0.717, 1.165) is 29.4 Å². The number of fused-ring (bicyclic) bond motifs is 1. The van der Waals surface area contributed by atoms with Gasteiger partial charge in [-0.3, -0.25) is 0 Å². The highest BCUT2D eigenvalue weighted by atomic mass is 16.5. The molecule has 0 spiro atoms. The minimum atomic E-state index is 0.186. The molecule has 0 atom stereocenters. The number of methoxy groups -OCH3 is 3. The summed E-state index contributed by atoms with van der Waals surface area (Å²) in [5.41, 5.74) is 2.16. The summed E-state index contributed by atoms with van der Waals surface area (Å²) < 4.78 is 18.4. The molecular formula is C15H21NO4. The van der Waals surface area contributed by atoms with Crippen molar-refractivity contribution in [3.8, 4) is 17.2 Å². The van der Waals surface area contributed by atoms with E-state index in [0.29, 0.717) is 17.2 Å². The Labute approximate surface area is 118 Å². The summed E-state index contributed by atoms with van der Waals surface area (Å²) in [5, 5.41) is 9.97. The molecule has 0 saturated heterocycles. The number of rotatable bonds is 6. The molecule has 0 unspecified atom stereocenters. The number of ether oxygens (including phenoxy) is 3. The third-order valence-electron chi connectivity index (χ3n) is 3.54. The number of benzene rings is 1. The Morgan fingerprint density at radius 1 is 1.05 bits per heavy atom. The topological polar surface area (TPSA) is 52.9 Å². The van der Waals surface area contributed by atoms with Crippen molar-refractivity contribution in [2.24, 2.45) is 7.05 Å². The fourth-order valence-corrected chi connectivity index (χ4v) is 2.50. The second kappa shape index (κ2) is 6.05. The first kappa shape index (κ1) is 14.5. The lowest BCUT2D eigenvalue weighted by Gasteiger charge is -2.13. The maximum Gasteiger partial charge on any atom is 0.204 e. The van der Waals surface area contributed by atoms with Gasteiger partial charge in [-0.1, -0.05) is 0 Å². The van der Waals surface area contributed by atoms with E-state index in [9.17, 15) is 0 Å². The predicted molar refractivity (Wildman–Crippen MR) is 78.0 cm³/mol. The second-order valence-electron chi connectivity index (χ2n) is 4.60. The number of aromatic nitrogens is 1. The molecule has 1 N–H and O–H groups in total. The predicted octanol–water partition coefficient (Wildman–Crippen LogP) is 2.13. The molecule has 5 nitrogen and oxygen atoms in total. The highest BCUT2D eigenvalue weighted by Gasteiger charge is 2.19. The van der Waals surface area contributed by atoms with Gasteiger partial charge in [-0.2, -0.15) is 0 Å². The fraction of sp³-hybridized carbons (Fsp3) is 0.467. The molecule has 2 aromatic rings. The monoisotopic (exact) mass is 279 g/mol. The van der Waals surface area contributed by atoms with Crippen LogP contribution >= 0.6 is 0 Å². The molecule has 0 radical (unpaired) electrons. The van der Waals surface area contributed by atoms with E-state index in [1.807, 2.05) is 13.1 Å². The zero-order valence-electron chi connectivity index (χ0n) is 12.4. The van der Waals surface area contributed by atoms with E-state index in [2.05, 4.69) is 10.6 Å². The van der Waals surface area contributed by atoms with Gasteiger partial charge in [0.05, 0.1) is 26.8 Å².